The Morgan fingerprint density at radius 3 is 2.36 bits per heavy atom. The lowest BCUT2D eigenvalue weighted by Gasteiger charge is -2.15. The van der Waals surface area contributed by atoms with Gasteiger partial charge in [0.15, 0.2) is 5.78 Å². The molecule has 0 aliphatic carbocycles. The minimum atomic E-state index is -0.462. The first-order chi connectivity index (χ1) is 10.4. The molecule has 2 rings (SSSR count). The van der Waals surface area contributed by atoms with Crippen LogP contribution in [0.15, 0.2) is 42.5 Å². The van der Waals surface area contributed by atoms with Gasteiger partial charge < -0.3 is 5.32 Å². The Bertz CT molecular complexity index is 709. The number of nitro benzene ring substituents is 1. The van der Waals surface area contributed by atoms with Gasteiger partial charge in [-0.15, -0.1) is 0 Å². The fraction of sp³-hybridized carbons (Fsp3) is 0.235. The summed E-state index contributed by atoms with van der Waals surface area (Å²) < 4.78 is 0. The molecule has 2 aromatic rings. The quantitative estimate of drug-likeness (QED) is 0.515. The number of benzene rings is 2. The molecule has 2 aromatic carbocycles. The van der Waals surface area contributed by atoms with Gasteiger partial charge in [0.05, 0.1) is 10.5 Å². The SMILES string of the molecule is Cc1cc(NC(C)C)c(C(=O)c2ccccc2)cc1[N+](=O)[O-]. The highest BCUT2D eigenvalue weighted by atomic mass is 16.6. The van der Waals surface area contributed by atoms with Crippen molar-refractivity contribution in [2.75, 3.05) is 5.32 Å². The first-order valence-electron chi connectivity index (χ1n) is 7.05. The van der Waals surface area contributed by atoms with Gasteiger partial charge in [-0.2, -0.15) is 0 Å². The summed E-state index contributed by atoms with van der Waals surface area (Å²) in [4.78, 5) is 23.4. The second kappa shape index (κ2) is 6.39. The second-order valence-corrected chi connectivity index (χ2v) is 5.44. The first-order valence-corrected chi connectivity index (χ1v) is 7.05. The van der Waals surface area contributed by atoms with Gasteiger partial charge in [0.25, 0.3) is 5.69 Å². The van der Waals surface area contributed by atoms with Crippen LogP contribution in [-0.2, 0) is 0 Å². The zero-order chi connectivity index (χ0) is 16.3. The van der Waals surface area contributed by atoms with Crippen molar-refractivity contribution in [2.45, 2.75) is 26.8 Å². The zero-order valence-corrected chi connectivity index (χ0v) is 12.8. The molecule has 0 heterocycles. The zero-order valence-electron chi connectivity index (χ0n) is 12.8. The van der Waals surface area contributed by atoms with E-state index in [1.54, 1.807) is 37.3 Å². The highest BCUT2D eigenvalue weighted by Gasteiger charge is 2.21. The van der Waals surface area contributed by atoms with Crippen LogP contribution in [0, 0.1) is 17.0 Å². The topological polar surface area (TPSA) is 72.2 Å². The van der Waals surface area contributed by atoms with Gasteiger partial charge >= 0.3 is 0 Å². The lowest BCUT2D eigenvalue weighted by atomic mass is 9.98. The van der Waals surface area contributed by atoms with Gasteiger partial charge in [-0.1, -0.05) is 30.3 Å². The predicted octanol–water partition coefficient (Wildman–Crippen LogP) is 3.95. The molecule has 0 saturated heterocycles. The smallest absolute Gasteiger partial charge is 0.273 e. The maximum absolute atomic E-state index is 12.7. The first kappa shape index (κ1) is 15.7. The minimum Gasteiger partial charge on any atom is -0.382 e. The van der Waals surface area contributed by atoms with E-state index in [1.165, 1.54) is 6.07 Å². The molecule has 0 aromatic heterocycles. The van der Waals surface area contributed by atoms with Crippen LogP contribution in [0.5, 0.6) is 0 Å². The lowest BCUT2D eigenvalue weighted by molar-refractivity contribution is -0.385. The van der Waals surface area contributed by atoms with Crippen molar-refractivity contribution < 1.29 is 9.72 Å². The number of anilines is 1. The molecular weight excluding hydrogens is 280 g/mol. The molecule has 0 unspecified atom stereocenters. The van der Waals surface area contributed by atoms with E-state index in [1.807, 2.05) is 19.9 Å². The fourth-order valence-corrected chi connectivity index (χ4v) is 2.26. The molecule has 0 atom stereocenters. The van der Waals surface area contributed by atoms with Crippen LogP contribution in [-0.4, -0.2) is 16.7 Å². The standard InChI is InChI=1S/C17H18N2O3/c1-11(2)18-15-9-12(3)16(19(21)22)10-14(15)17(20)13-7-5-4-6-8-13/h4-11,18H,1-3H3. The van der Waals surface area contributed by atoms with Crippen LogP contribution in [0.4, 0.5) is 11.4 Å². The van der Waals surface area contributed by atoms with Crippen LogP contribution in [0.2, 0.25) is 0 Å². The Hall–Kier alpha value is -2.69. The number of nitro groups is 1. The van der Waals surface area contributed by atoms with Crippen molar-refractivity contribution in [3.63, 3.8) is 0 Å². The lowest BCUT2D eigenvalue weighted by Crippen LogP contribution is -2.15. The summed E-state index contributed by atoms with van der Waals surface area (Å²) in [5, 5.41) is 14.3. The van der Waals surface area contributed by atoms with Gasteiger partial charge in [-0.25, -0.2) is 0 Å². The van der Waals surface area contributed by atoms with E-state index >= 15 is 0 Å². The molecule has 0 bridgehead atoms. The molecule has 114 valence electrons. The minimum absolute atomic E-state index is 0.0476. The van der Waals surface area contributed by atoms with Crippen molar-refractivity contribution >= 4 is 17.2 Å². The van der Waals surface area contributed by atoms with Crippen molar-refractivity contribution in [1.82, 2.24) is 0 Å². The number of aryl methyl sites for hydroxylation is 1. The number of nitrogens with one attached hydrogen (secondary N) is 1. The highest BCUT2D eigenvalue weighted by molar-refractivity contribution is 6.12. The third-order valence-electron chi connectivity index (χ3n) is 3.26. The molecule has 0 aliphatic rings. The molecule has 22 heavy (non-hydrogen) atoms. The predicted molar refractivity (Wildman–Crippen MR) is 86.5 cm³/mol. The fourth-order valence-electron chi connectivity index (χ4n) is 2.26. The number of carbonyl (C=O) groups is 1. The maximum Gasteiger partial charge on any atom is 0.273 e. The molecule has 0 spiro atoms. The molecule has 0 fully saturated rings. The van der Waals surface area contributed by atoms with E-state index in [0.29, 0.717) is 22.4 Å². The Kier molecular flexibility index (Phi) is 4.56. The molecule has 0 saturated carbocycles. The van der Waals surface area contributed by atoms with E-state index in [0.717, 1.165) is 0 Å². The third-order valence-corrected chi connectivity index (χ3v) is 3.26. The summed E-state index contributed by atoms with van der Waals surface area (Å²) >= 11 is 0. The van der Waals surface area contributed by atoms with Gasteiger partial charge in [0.1, 0.15) is 0 Å². The molecule has 5 heteroatoms. The number of rotatable bonds is 5. The van der Waals surface area contributed by atoms with Crippen molar-refractivity contribution in [3.8, 4) is 0 Å². The Balaban J connectivity index is 2.58. The summed E-state index contributed by atoms with van der Waals surface area (Å²) in [7, 11) is 0. The Morgan fingerprint density at radius 2 is 1.82 bits per heavy atom. The number of hydrogen-bond donors (Lipinski definition) is 1. The van der Waals surface area contributed by atoms with Crippen LogP contribution in [0.3, 0.4) is 0 Å². The van der Waals surface area contributed by atoms with Crippen LogP contribution >= 0.6 is 0 Å². The summed E-state index contributed by atoms with van der Waals surface area (Å²) in [5.74, 6) is -0.230. The van der Waals surface area contributed by atoms with E-state index in [9.17, 15) is 14.9 Å². The highest BCUT2D eigenvalue weighted by Crippen LogP contribution is 2.29. The van der Waals surface area contributed by atoms with E-state index < -0.39 is 4.92 Å². The van der Waals surface area contributed by atoms with Crippen molar-refractivity contribution in [3.05, 3.63) is 69.3 Å². The van der Waals surface area contributed by atoms with Gasteiger partial charge in [0.2, 0.25) is 0 Å². The van der Waals surface area contributed by atoms with Gasteiger partial charge in [-0.3, -0.25) is 14.9 Å². The average molecular weight is 298 g/mol. The van der Waals surface area contributed by atoms with E-state index in [2.05, 4.69) is 5.32 Å². The monoisotopic (exact) mass is 298 g/mol. The largest absolute Gasteiger partial charge is 0.382 e. The van der Waals surface area contributed by atoms with Crippen LogP contribution < -0.4 is 5.32 Å². The number of nitrogens with zero attached hydrogens (tertiary/aromatic N) is 1. The van der Waals surface area contributed by atoms with Crippen molar-refractivity contribution in [1.29, 1.82) is 0 Å². The van der Waals surface area contributed by atoms with Gasteiger partial charge in [-0.05, 0) is 26.8 Å². The van der Waals surface area contributed by atoms with Crippen LogP contribution in [0.25, 0.3) is 0 Å². The van der Waals surface area contributed by atoms with E-state index in [-0.39, 0.29) is 17.5 Å². The molecule has 1 N–H and O–H groups in total. The molecule has 0 aliphatic heterocycles. The maximum atomic E-state index is 12.7. The normalized spacial score (nSPS) is 10.5. The Labute approximate surface area is 129 Å². The average Bonchev–Trinajstić information content (AvgIpc) is 2.46. The summed E-state index contributed by atoms with van der Waals surface area (Å²) in [6, 6.07) is 11.9. The molecule has 0 radical (unpaired) electrons. The van der Waals surface area contributed by atoms with Gasteiger partial charge in [0, 0.05) is 28.9 Å². The van der Waals surface area contributed by atoms with E-state index in [4.69, 9.17) is 0 Å². The van der Waals surface area contributed by atoms with Crippen LogP contribution in [0.1, 0.15) is 35.3 Å². The molecular formula is C17H18N2O3. The Morgan fingerprint density at radius 1 is 1.18 bits per heavy atom. The summed E-state index contributed by atoms with van der Waals surface area (Å²) in [6.07, 6.45) is 0. The third kappa shape index (κ3) is 3.31. The number of carbonyl (C=O) groups excluding carboxylic acids is 1. The molecule has 0 amide bonds. The number of ketones is 1. The summed E-state index contributed by atoms with van der Waals surface area (Å²) in [5.41, 5.74) is 1.92. The summed E-state index contributed by atoms with van der Waals surface area (Å²) in [6.45, 7) is 5.57. The molecule has 5 nitrogen and oxygen atoms in total. The second-order valence-electron chi connectivity index (χ2n) is 5.44. The number of hydrogen-bond acceptors (Lipinski definition) is 4. The van der Waals surface area contributed by atoms with Crippen molar-refractivity contribution in [2.24, 2.45) is 0 Å².